The molecule has 0 saturated carbocycles. The van der Waals surface area contributed by atoms with Crippen LogP contribution in [0.1, 0.15) is 35.6 Å². The van der Waals surface area contributed by atoms with Crippen LogP contribution in [-0.2, 0) is 19.5 Å². The lowest BCUT2D eigenvalue weighted by atomic mass is 9.99. The number of likely N-dealkylation sites (tertiary alicyclic amines) is 1. The van der Waals surface area contributed by atoms with E-state index in [0.29, 0.717) is 12.4 Å². The molecular weight excluding hydrogens is 436 g/mol. The Morgan fingerprint density at radius 1 is 1.03 bits per heavy atom. The van der Waals surface area contributed by atoms with E-state index in [9.17, 15) is 5.26 Å². The molecule has 8 nitrogen and oxygen atoms in total. The summed E-state index contributed by atoms with van der Waals surface area (Å²) in [6.45, 7) is 4.40. The average molecular weight is 465 g/mol. The molecule has 2 aromatic carbocycles. The van der Waals surface area contributed by atoms with Crippen LogP contribution in [0.2, 0.25) is 0 Å². The summed E-state index contributed by atoms with van der Waals surface area (Å²) in [5, 5.41) is 15.1. The van der Waals surface area contributed by atoms with Gasteiger partial charge in [-0.05, 0) is 36.0 Å². The summed E-state index contributed by atoms with van der Waals surface area (Å²) < 4.78 is 1.95. The lowest BCUT2D eigenvalue weighted by Gasteiger charge is -2.29. The second-order valence-corrected chi connectivity index (χ2v) is 9.52. The van der Waals surface area contributed by atoms with E-state index in [0.717, 1.165) is 67.7 Å². The maximum atomic E-state index is 9.39. The summed E-state index contributed by atoms with van der Waals surface area (Å²) in [6.07, 6.45) is 6.77. The molecule has 6 rings (SSSR count). The minimum absolute atomic E-state index is 0.0789. The molecule has 0 amide bonds. The number of rotatable bonds is 4. The standard InChI is InChI=1S/C27H28N8/c28-17-34-12-3-6-23(16-34)35-27-24(26(29)30-18-31-27)25(32-35)21-9-7-19(8-10-21)14-33-13-11-20-4-1-2-5-22(20)15-33/h1-2,4-5,7-10,18,23H,3,6,11-16H2,(H2,29,30,31). The van der Waals surface area contributed by atoms with Crippen molar-refractivity contribution in [1.82, 2.24) is 29.5 Å². The first-order chi connectivity index (χ1) is 17.2. The normalized spacial score (nSPS) is 18.4. The van der Waals surface area contributed by atoms with Crippen molar-refractivity contribution >= 4 is 16.9 Å². The van der Waals surface area contributed by atoms with E-state index in [1.165, 1.54) is 23.0 Å². The molecular formula is C27H28N8. The van der Waals surface area contributed by atoms with Gasteiger partial charge in [0.2, 0.25) is 0 Å². The molecule has 0 spiro atoms. The van der Waals surface area contributed by atoms with Gasteiger partial charge in [0.15, 0.2) is 11.8 Å². The molecule has 4 aromatic rings. The highest BCUT2D eigenvalue weighted by atomic mass is 15.3. The predicted octanol–water partition coefficient (Wildman–Crippen LogP) is 3.75. The number of hydrogen-bond donors (Lipinski definition) is 1. The van der Waals surface area contributed by atoms with E-state index < -0.39 is 0 Å². The van der Waals surface area contributed by atoms with Crippen LogP contribution in [0, 0.1) is 11.5 Å². The molecule has 1 atom stereocenters. The van der Waals surface area contributed by atoms with Crippen LogP contribution in [0.3, 0.4) is 0 Å². The van der Waals surface area contributed by atoms with Crippen LogP contribution in [0.15, 0.2) is 54.9 Å². The molecule has 4 heterocycles. The van der Waals surface area contributed by atoms with Crippen molar-refractivity contribution in [3.63, 3.8) is 0 Å². The molecule has 1 saturated heterocycles. The van der Waals surface area contributed by atoms with Crippen LogP contribution >= 0.6 is 0 Å². The molecule has 0 bridgehead atoms. The van der Waals surface area contributed by atoms with Crippen LogP contribution in [0.5, 0.6) is 0 Å². The summed E-state index contributed by atoms with van der Waals surface area (Å²) in [5.74, 6) is 0.431. The fourth-order valence-electron chi connectivity index (χ4n) is 5.41. The third kappa shape index (κ3) is 4.08. The van der Waals surface area contributed by atoms with Gasteiger partial charge in [-0.25, -0.2) is 14.6 Å². The molecule has 2 N–H and O–H groups in total. The number of benzene rings is 2. The van der Waals surface area contributed by atoms with Crippen LogP contribution in [-0.4, -0.2) is 49.2 Å². The highest BCUT2D eigenvalue weighted by Gasteiger charge is 2.26. The zero-order valence-electron chi connectivity index (χ0n) is 19.6. The number of nitrogens with zero attached hydrogens (tertiary/aromatic N) is 7. The summed E-state index contributed by atoms with van der Waals surface area (Å²) >= 11 is 0. The maximum absolute atomic E-state index is 9.39. The topological polar surface area (TPSA) is 99.9 Å². The Morgan fingerprint density at radius 2 is 1.86 bits per heavy atom. The first-order valence-corrected chi connectivity index (χ1v) is 12.2. The zero-order chi connectivity index (χ0) is 23.8. The monoisotopic (exact) mass is 464 g/mol. The van der Waals surface area contributed by atoms with E-state index in [-0.39, 0.29) is 6.04 Å². The van der Waals surface area contributed by atoms with Crippen molar-refractivity contribution in [2.75, 3.05) is 25.4 Å². The first-order valence-electron chi connectivity index (χ1n) is 12.2. The molecule has 8 heteroatoms. The van der Waals surface area contributed by atoms with Crippen molar-refractivity contribution in [2.24, 2.45) is 0 Å². The molecule has 1 fully saturated rings. The van der Waals surface area contributed by atoms with Crippen LogP contribution in [0.4, 0.5) is 5.82 Å². The summed E-state index contributed by atoms with van der Waals surface area (Å²) in [4.78, 5) is 13.1. The minimum Gasteiger partial charge on any atom is -0.383 e. The highest BCUT2D eigenvalue weighted by Crippen LogP contribution is 2.34. The highest BCUT2D eigenvalue weighted by molar-refractivity contribution is 5.98. The number of fused-ring (bicyclic) bond motifs is 2. The maximum Gasteiger partial charge on any atom is 0.179 e. The Kier molecular flexibility index (Phi) is 5.55. The molecule has 2 aromatic heterocycles. The van der Waals surface area contributed by atoms with Gasteiger partial charge in [-0.15, -0.1) is 0 Å². The number of hydrogen-bond acceptors (Lipinski definition) is 7. The second kappa shape index (κ2) is 9.01. The van der Waals surface area contributed by atoms with Gasteiger partial charge in [-0.3, -0.25) is 4.90 Å². The van der Waals surface area contributed by atoms with Gasteiger partial charge >= 0.3 is 0 Å². The van der Waals surface area contributed by atoms with Crippen molar-refractivity contribution in [2.45, 2.75) is 38.4 Å². The Morgan fingerprint density at radius 3 is 2.69 bits per heavy atom. The molecule has 1 unspecified atom stereocenters. The van der Waals surface area contributed by atoms with E-state index >= 15 is 0 Å². The number of nitrogen functional groups attached to an aromatic ring is 1. The molecule has 0 aliphatic carbocycles. The lowest BCUT2D eigenvalue weighted by molar-refractivity contribution is 0.236. The van der Waals surface area contributed by atoms with E-state index in [2.05, 4.69) is 69.6 Å². The Bertz CT molecular complexity index is 1400. The molecule has 35 heavy (non-hydrogen) atoms. The summed E-state index contributed by atoms with van der Waals surface area (Å²) in [6, 6.07) is 17.4. The Hall–Kier alpha value is -3.96. The summed E-state index contributed by atoms with van der Waals surface area (Å²) in [7, 11) is 0. The second-order valence-electron chi connectivity index (χ2n) is 9.52. The van der Waals surface area contributed by atoms with Gasteiger partial charge in [-0.2, -0.15) is 10.4 Å². The average Bonchev–Trinajstić information content (AvgIpc) is 3.30. The van der Waals surface area contributed by atoms with Crippen LogP contribution in [0.25, 0.3) is 22.3 Å². The lowest BCUT2D eigenvalue weighted by Crippen LogP contribution is -2.33. The molecule has 0 radical (unpaired) electrons. The van der Waals surface area contributed by atoms with E-state index in [1.54, 1.807) is 4.90 Å². The third-order valence-electron chi connectivity index (χ3n) is 7.25. The smallest absolute Gasteiger partial charge is 0.179 e. The minimum atomic E-state index is 0.0789. The number of nitrogens with two attached hydrogens (primary N) is 1. The quantitative estimate of drug-likeness (QED) is 0.459. The predicted molar refractivity (Wildman–Crippen MR) is 135 cm³/mol. The SMILES string of the molecule is N#CN1CCCC(n2nc(-c3ccc(CN4CCc5ccccc5C4)cc3)c3c(N)ncnc32)C1. The number of piperidine rings is 1. The van der Waals surface area contributed by atoms with Gasteiger partial charge in [0.1, 0.15) is 17.8 Å². The van der Waals surface area contributed by atoms with Crippen molar-refractivity contribution in [1.29, 1.82) is 5.26 Å². The first kappa shape index (κ1) is 21.6. The largest absolute Gasteiger partial charge is 0.383 e. The Labute approximate surface area is 204 Å². The van der Waals surface area contributed by atoms with Crippen molar-refractivity contribution < 1.29 is 0 Å². The fraction of sp³-hybridized carbons (Fsp3) is 0.333. The van der Waals surface area contributed by atoms with Gasteiger partial charge in [0.05, 0.1) is 18.0 Å². The van der Waals surface area contributed by atoms with Gasteiger partial charge in [-0.1, -0.05) is 48.5 Å². The number of anilines is 1. The fourth-order valence-corrected chi connectivity index (χ4v) is 5.41. The summed E-state index contributed by atoms with van der Waals surface area (Å²) in [5.41, 5.74) is 13.0. The van der Waals surface area contributed by atoms with E-state index in [4.69, 9.17) is 10.8 Å². The number of nitriles is 1. The van der Waals surface area contributed by atoms with Crippen molar-refractivity contribution in [3.8, 4) is 17.5 Å². The van der Waals surface area contributed by atoms with Gasteiger partial charge in [0.25, 0.3) is 0 Å². The van der Waals surface area contributed by atoms with Crippen LogP contribution < -0.4 is 5.73 Å². The molecule has 176 valence electrons. The molecule has 2 aliphatic heterocycles. The van der Waals surface area contributed by atoms with Crippen molar-refractivity contribution in [3.05, 3.63) is 71.5 Å². The van der Waals surface area contributed by atoms with Gasteiger partial charge in [0, 0.05) is 31.7 Å². The van der Waals surface area contributed by atoms with E-state index in [1.807, 2.05) is 4.68 Å². The Balaban J connectivity index is 1.28. The molecule has 2 aliphatic rings. The van der Waals surface area contributed by atoms with Gasteiger partial charge < -0.3 is 10.6 Å². The zero-order valence-corrected chi connectivity index (χ0v) is 19.6. The number of aromatic nitrogens is 4. The third-order valence-corrected chi connectivity index (χ3v) is 7.25.